The van der Waals surface area contributed by atoms with Crippen molar-refractivity contribution in [2.24, 2.45) is 5.73 Å². The average molecular weight is 453 g/mol. The predicted molar refractivity (Wildman–Crippen MR) is 107 cm³/mol. The molecule has 0 unspecified atom stereocenters. The van der Waals surface area contributed by atoms with Crippen LogP contribution in [0.5, 0.6) is 0 Å². The second-order valence-electron chi connectivity index (χ2n) is 7.83. The van der Waals surface area contributed by atoms with Gasteiger partial charge in [-0.15, -0.1) is 0 Å². The molecule has 170 valence electrons. The Balaban J connectivity index is 1.67. The maximum atomic E-state index is 13.7. The first-order valence-electron chi connectivity index (χ1n) is 9.97. The van der Waals surface area contributed by atoms with Gasteiger partial charge in [0.2, 0.25) is 0 Å². The third kappa shape index (κ3) is 4.06. The highest BCUT2D eigenvalue weighted by atomic mass is 19.4. The number of halogens is 5. The summed E-state index contributed by atoms with van der Waals surface area (Å²) in [6, 6.07) is 5.36. The molecule has 1 saturated heterocycles. The van der Waals surface area contributed by atoms with Gasteiger partial charge >= 0.3 is 6.18 Å². The number of carbonyl (C=O) groups is 1. The zero-order valence-electron chi connectivity index (χ0n) is 17.1. The molecule has 0 bridgehead atoms. The second-order valence-corrected chi connectivity index (χ2v) is 7.83. The molecule has 2 N–H and O–H groups in total. The largest absolute Gasteiger partial charge is 0.459 e. The smallest absolute Gasteiger partial charge is 0.420 e. The molecule has 4 rings (SSSR count). The maximum Gasteiger partial charge on any atom is 0.420 e. The molecule has 0 saturated carbocycles. The molecule has 1 aliphatic rings. The van der Waals surface area contributed by atoms with Crippen molar-refractivity contribution in [2.45, 2.75) is 38.4 Å². The first kappa shape index (κ1) is 22.2. The van der Waals surface area contributed by atoms with Gasteiger partial charge < -0.3 is 15.1 Å². The fraction of sp³-hybridized carbons (Fsp3) is 0.364. The van der Waals surface area contributed by atoms with Crippen molar-refractivity contribution >= 4 is 16.9 Å². The number of nitrogens with zero attached hydrogens (tertiary/aromatic N) is 2. The molecular weight excluding hydrogens is 433 g/mol. The van der Waals surface area contributed by atoms with Crippen molar-refractivity contribution < 1.29 is 31.2 Å². The van der Waals surface area contributed by atoms with Crippen LogP contribution in [-0.4, -0.2) is 34.8 Å². The minimum absolute atomic E-state index is 0.0371. The molecule has 3 heterocycles. The topological polar surface area (TPSA) is 72.4 Å². The van der Waals surface area contributed by atoms with E-state index < -0.39 is 36.4 Å². The van der Waals surface area contributed by atoms with Crippen LogP contribution < -0.4 is 5.73 Å². The number of rotatable bonds is 3. The number of fused-ring (bicyclic) bond motifs is 1. The quantitative estimate of drug-likeness (QED) is 0.557. The molecule has 1 aliphatic heterocycles. The van der Waals surface area contributed by atoms with Crippen LogP contribution in [0.1, 0.15) is 40.1 Å². The number of pyridine rings is 1. The average Bonchev–Trinajstić information content (AvgIpc) is 3.07. The van der Waals surface area contributed by atoms with Crippen molar-refractivity contribution in [2.75, 3.05) is 13.1 Å². The highest BCUT2D eigenvalue weighted by Crippen LogP contribution is 2.40. The summed E-state index contributed by atoms with van der Waals surface area (Å²) in [6.07, 6.45) is -4.22. The Morgan fingerprint density at radius 3 is 2.47 bits per heavy atom. The van der Waals surface area contributed by atoms with E-state index in [1.807, 2.05) is 0 Å². The van der Waals surface area contributed by atoms with E-state index in [0.29, 0.717) is 5.56 Å². The lowest BCUT2D eigenvalue weighted by Gasteiger charge is -2.31. The number of aryl methyl sites for hydroxylation is 1. The number of nitrogens with two attached hydrogens (primary N) is 1. The van der Waals surface area contributed by atoms with Crippen LogP contribution >= 0.6 is 0 Å². The summed E-state index contributed by atoms with van der Waals surface area (Å²) in [5.41, 5.74) is 5.49. The van der Waals surface area contributed by atoms with Gasteiger partial charge in [-0.1, -0.05) is 0 Å². The predicted octanol–water partition coefficient (Wildman–Crippen LogP) is 5.15. The van der Waals surface area contributed by atoms with Gasteiger partial charge in [-0.05, 0) is 36.8 Å². The molecule has 0 radical (unpaired) electrons. The van der Waals surface area contributed by atoms with Gasteiger partial charge in [0.25, 0.3) is 11.8 Å². The minimum Gasteiger partial charge on any atom is -0.459 e. The molecule has 0 spiro atoms. The van der Waals surface area contributed by atoms with Gasteiger partial charge in [0, 0.05) is 43.1 Å². The zero-order chi connectivity index (χ0) is 23.3. The van der Waals surface area contributed by atoms with Crippen LogP contribution in [0.4, 0.5) is 22.0 Å². The van der Waals surface area contributed by atoms with Gasteiger partial charge in [0.15, 0.2) is 0 Å². The molecule has 32 heavy (non-hydrogen) atoms. The Kier molecular flexibility index (Phi) is 5.44. The highest BCUT2D eigenvalue weighted by molar-refractivity contribution is 5.94. The molecular formula is C22H20F5N3O2. The number of aromatic nitrogens is 1. The van der Waals surface area contributed by atoms with Crippen LogP contribution in [0, 0.1) is 6.92 Å². The Hall–Kier alpha value is -3.01. The standard InChI is InChI=1S/C22H20F5N3O2/c1-12-15-8-14(9-16(22(25,26)27)19(15)32-18(12)10-28)17-3-2-13(11-29-17)20(31)30-6-4-21(23,24)5-7-30/h2-3,8-9,11H,4-7,10,28H2,1H3. The van der Waals surface area contributed by atoms with Gasteiger partial charge in [-0.3, -0.25) is 9.78 Å². The number of hydrogen-bond donors (Lipinski definition) is 1. The summed E-state index contributed by atoms with van der Waals surface area (Å²) in [7, 11) is 0. The lowest BCUT2D eigenvalue weighted by Crippen LogP contribution is -2.42. The Bertz CT molecular complexity index is 1160. The summed E-state index contributed by atoms with van der Waals surface area (Å²) in [5.74, 6) is -2.95. The van der Waals surface area contributed by atoms with E-state index in [1.165, 1.54) is 23.2 Å². The van der Waals surface area contributed by atoms with Gasteiger partial charge in [-0.25, -0.2) is 8.78 Å². The Morgan fingerprint density at radius 2 is 1.91 bits per heavy atom. The lowest BCUT2D eigenvalue weighted by molar-refractivity contribution is -0.136. The van der Waals surface area contributed by atoms with E-state index in [0.717, 1.165) is 6.07 Å². The number of piperidine rings is 1. The zero-order valence-corrected chi connectivity index (χ0v) is 17.1. The molecule has 1 fully saturated rings. The third-order valence-corrected chi connectivity index (χ3v) is 5.72. The van der Waals surface area contributed by atoms with E-state index in [4.69, 9.17) is 10.2 Å². The molecule has 0 aliphatic carbocycles. The van der Waals surface area contributed by atoms with Crippen LogP contribution in [-0.2, 0) is 12.7 Å². The van der Waals surface area contributed by atoms with Gasteiger partial charge in [0.05, 0.1) is 23.4 Å². The van der Waals surface area contributed by atoms with Gasteiger partial charge in [-0.2, -0.15) is 13.2 Å². The molecule has 2 aromatic heterocycles. The van der Waals surface area contributed by atoms with E-state index >= 15 is 0 Å². The first-order chi connectivity index (χ1) is 15.0. The third-order valence-electron chi connectivity index (χ3n) is 5.72. The van der Waals surface area contributed by atoms with E-state index in [2.05, 4.69) is 4.98 Å². The van der Waals surface area contributed by atoms with Crippen LogP contribution in [0.15, 0.2) is 34.9 Å². The highest BCUT2D eigenvalue weighted by Gasteiger charge is 2.37. The SMILES string of the molecule is Cc1c(CN)oc2c(C(F)(F)F)cc(-c3ccc(C(=O)N4CCC(F)(F)CC4)cn3)cc12. The summed E-state index contributed by atoms with van der Waals surface area (Å²) >= 11 is 0. The number of benzene rings is 1. The Morgan fingerprint density at radius 1 is 1.22 bits per heavy atom. The van der Waals surface area contributed by atoms with Crippen LogP contribution in [0.3, 0.4) is 0 Å². The van der Waals surface area contributed by atoms with Crippen molar-refractivity contribution in [1.82, 2.24) is 9.88 Å². The second kappa shape index (κ2) is 7.84. The minimum atomic E-state index is -4.66. The number of furan rings is 1. The fourth-order valence-corrected chi connectivity index (χ4v) is 3.83. The molecule has 1 aromatic carbocycles. The summed E-state index contributed by atoms with van der Waals surface area (Å²) < 4.78 is 73.0. The number of alkyl halides is 5. The monoisotopic (exact) mass is 453 g/mol. The first-order valence-corrected chi connectivity index (χ1v) is 9.97. The number of hydrogen-bond acceptors (Lipinski definition) is 4. The molecule has 10 heteroatoms. The van der Waals surface area contributed by atoms with E-state index in [1.54, 1.807) is 13.0 Å². The summed E-state index contributed by atoms with van der Waals surface area (Å²) in [6.45, 7) is 1.46. The van der Waals surface area contributed by atoms with E-state index in [-0.39, 0.29) is 53.2 Å². The van der Waals surface area contributed by atoms with Crippen molar-refractivity contribution in [3.63, 3.8) is 0 Å². The number of amides is 1. The molecule has 0 atom stereocenters. The maximum absolute atomic E-state index is 13.7. The fourth-order valence-electron chi connectivity index (χ4n) is 3.83. The van der Waals surface area contributed by atoms with Gasteiger partial charge in [0.1, 0.15) is 11.3 Å². The summed E-state index contributed by atoms with van der Waals surface area (Å²) in [4.78, 5) is 18.1. The van der Waals surface area contributed by atoms with E-state index in [9.17, 15) is 26.7 Å². The number of carbonyl (C=O) groups excluding carboxylic acids is 1. The lowest BCUT2D eigenvalue weighted by atomic mass is 10.0. The molecule has 1 amide bonds. The van der Waals surface area contributed by atoms with Crippen LogP contribution in [0.25, 0.3) is 22.2 Å². The normalized spacial score (nSPS) is 16.5. The van der Waals surface area contributed by atoms with Crippen molar-refractivity contribution in [3.05, 3.63) is 52.9 Å². The van der Waals surface area contributed by atoms with Crippen LogP contribution in [0.2, 0.25) is 0 Å². The summed E-state index contributed by atoms with van der Waals surface area (Å²) in [5, 5.41) is 0.284. The van der Waals surface area contributed by atoms with Crippen molar-refractivity contribution in [3.8, 4) is 11.3 Å². The van der Waals surface area contributed by atoms with Crippen molar-refractivity contribution in [1.29, 1.82) is 0 Å². The molecule has 3 aromatic rings. The number of likely N-dealkylation sites (tertiary alicyclic amines) is 1. The Labute approximate surface area is 180 Å². The molecule has 5 nitrogen and oxygen atoms in total.